The lowest BCUT2D eigenvalue weighted by Crippen LogP contribution is -2.51. The molecule has 1 saturated heterocycles. The highest BCUT2D eigenvalue weighted by Crippen LogP contribution is 2.26. The molecule has 1 atom stereocenters. The molecule has 1 fully saturated rings. The summed E-state index contributed by atoms with van der Waals surface area (Å²) in [6.45, 7) is 5.41. The number of anilines is 1. The maximum absolute atomic E-state index is 12.2. The molecule has 1 unspecified atom stereocenters. The Hall–Kier alpha value is -1.39. The maximum atomic E-state index is 12.2. The highest BCUT2D eigenvalue weighted by atomic mass is 16.5. The highest BCUT2D eigenvalue weighted by Gasteiger charge is 2.30. The number of nitrogens with zero attached hydrogens (tertiary/aromatic N) is 1. The lowest BCUT2D eigenvalue weighted by molar-refractivity contribution is -0.133. The minimum Gasteiger partial charge on any atom is -0.365 e. The predicted octanol–water partition coefficient (Wildman–Crippen LogP) is 0.994. The summed E-state index contributed by atoms with van der Waals surface area (Å²) >= 11 is 0. The summed E-state index contributed by atoms with van der Waals surface area (Å²) in [6, 6.07) is 6.03. The first kappa shape index (κ1) is 12.1. The minimum absolute atomic E-state index is 0.0313. The SMILES string of the molecule is Cc1cccc(C)c1N1CCOC(CN)C1=O. The van der Waals surface area contributed by atoms with Crippen molar-refractivity contribution in [3.63, 3.8) is 0 Å². The summed E-state index contributed by atoms with van der Waals surface area (Å²) in [7, 11) is 0. The van der Waals surface area contributed by atoms with Gasteiger partial charge in [0, 0.05) is 18.8 Å². The molecule has 1 aromatic rings. The first-order valence-electron chi connectivity index (χ1n) is 5.84. The zero-order valence-electron chi connectivity index (χ0n) is 10.3. The van der Waals surface area contributed by atoms with E-state index in [0.717, 1.165) is 16.8 Å². The van der Waals surface area contributed by atoms with Crippen molar-refractivity contribution in [2.24, 2.45) is 5.73 Å². The smallest absolute Gasteiger partial charge is 0.257 e. The fraction of sp³-hybridized carbons (Fsp3) is 0.462. The van der Waals surface area contributed by atoms with Gasteiger partial charge in [0.15, 0.2) is 0 Å². The summed E-state index contributed by atoms with van der Waals surface area (Å²) < 4.78 is 5.35. The monoisotopic (exact) mass is 234 g/mol. The van der Waals surface area contributed by atoms with Gasteiger partial charge < -0.3 is 15.4 Å². The van der Waals surface area contributed by atoms with E-state index >= 15 is 0 Å². The second kappa shape index (κ2) is 4.85. The Morgan fingerprint density at radius 3 is 2.65 bits per heavy atom. The van der Waals surface area contributed by atoms with Crippen LogP contribution in [0.4, 0.5) is 5.69 Å². The lowest BCUT2D eigenvalue weighted by atomic mass is 10.1. The van der Waals surface area contributed by atoms with E-state index in [4.69, 9.17) is 10.5 Å². The molecule has 0 bridgehead atoms. The maximum Gasteiger partial charge on any atom is 0.257 e. The standard InChI is InChI=1S/C13H18N2O2/c1-9-4-3-5-10(2)12(9)15-6-7-17-11(8-14)13(15)16/h3-5,11H,6-8,14H2,1-2H3. The second-order valence-electron chi connectivity index (χ2n) is 4.33. The fourth-order valence-corrected chi connectivity index (χ4v) is 2.26. The average Bonchev–Trinajstić information content (AvgIpc) is 2.31. The van der Waals surface area contributed by atoms with Gasteiger partial charge in [-0.2, -0.15) is 0 Å². The molecule has 1 heterocycles. The zero-order chi connectivity index (χ0) is 12.4. The largest absolute Gasteiger partial charge is 0.365 e. The van der Waals surface area contributed by atoms with E-state index in [9.17, 15) is 4.79 Å². The van der Waals surface area contributed by atoms with Gasteiger partial charge in [0.2, 0.25) is 0 Å². The van der Waals surface area contributed by atoms with Crippen molar-refractivity contribution >= 4 is 11.6 Å². The van der Waals surface area contributed by atoms with Crippen LogP contribution in [0.25, 0.3) is 0 Å². The lowest BCUT2D eigenvalue weighted by Gasteiger charge is -2.33. The number of nitrogens with two attached hydrogens (primary N) is 1. The molecule has 0 aromatic heterocycles. The van der Waals surface area contributed by atoms with Crippen molar-refractivity contribution in [2.45, 2.75) is 20.0 Å². The van der Waals surface area contributed by atoms with E-state index < -0.39 is 6.10 Å². The quantitative estimate of drug-likeness (QED) is 0.830. The Morgan fingerprint density at radius 1 is 1.41 bits per heavy atom. The van der Waals surface area contributed by atoms with Gasteiger partial charge in [-0.1, -0.05) is 18.2 Å². The summed E-state index contributed by atoms with van der Waals surface area (Å²) in [5.74, 6) is -0.0313. The van der Waals surface area contributed by atoms with Crippen LogP contribution < -0.4 is 10.6 Å². The van der Waals surface area contributed by atoms with Crippen LogP contribution in [-0.4, -0.2) is 31.7 Å². The Labute approximate surface area is 101 Å². The Morgan fingerprint density at radius 2 is 2.06 bits per heavy atom. The molecular weight excluding hydrogens is 216 g/mol. The van der Waals surface area contributed by atoms with Crippen LogP contribution in [0, 0.1) is 13.8 Å². The van der Waals surface area contributed by atoms with Crippen LogP contribution in [-0.2, 0) is 9.53 Å². The van der Waals surface area contributed by atoms with Crippen molar-refractivity contribution in [2.75, 3.05) is 24.6 Å². The number of aryl methyl sites for hydroxylation is 2. The van der Waals surface area contributed by atoms with Gasteiger partial charge >= 0.3 is 0 Å². The van der Waals surface area contributed by atoms with Gasteiger partial charge in [-0.15, -0.1) is 0 Å². The molecule has 1 amide bonds. The van der Waals surface area contributed by atoms with Gasteiger partial charge in [-0.05, 0) is 25.0 Å². The fourth-order valence-electron chi connectivity index (χ4n) is 2.26. The molecule has 0 radical (unpaired) electrons. The van der Waals surface area contributed by atoms with E-state index in [1.807, 2.05) is 32.0 Å². The summed E-state index contributed by atoms with van der Waals surface area (Å²) in [6.07, 6.45) is -0.497. The molecular formula is C13H18N2O2. The number of carbonyl (C=O) groups excluding carboxylic acids is 1. The molecule has 4 heteroatoms. The molecule has 92 valence electrons. The molecule has 1 aromatic carbocycles. The summed E-state index contributed by atoms with van der Waals surface area (Å²) in [5, 5.41) is 0. The molecule has 0 saturated carbocycles. The van der Waals surface area contributed by atoms with Gasteiger partial charge in [0.1, 0.15) is 6.10 Å². The number of para-hydroxylation sites is 1. The third-order valence-electron chi connectivity index (χ3n) is 3.10. The highest BCUT2D eigenvalue weighted by molar-refractivity contribution is 5.98. The van der Waals surface area contributed by atoms with E-state index in [2.05, 4.69) is 0 Å². The summed E-state index contributed by atoms with van der Waals surface area (Å²) in [5.41, 5.74) is 8.75. The number of benzene rings is 1. The van der Waals surface area contributed by atoms with Gasteiger partial charge in [-0.25, -0.2) is 0 Å². The number of amides is 1. The van der Waals surface area contributed by atoms with Crippen molar-refractivity contribution in [3.05, 3.63) is 29.3 Å². The van der Waals surface area contributed by atoms with Gasteiger partial charge in [-0.3, -0.25) is 4.79 Å². The van der Waals surface area contributed by atoms with Gasteiger partial charge in [0.25, 0.3) is 5.91 Å². The normalized spacial score (nSPS) is 20.8. The molecule has 2 rings (SSSR count). The van der Waals surface area contributed by atoms with Crippen LogP contribution in [0.2, 0.25) is 0 Å². The van der Waals surface area contributed by atoms with Crippen LogP contribution in [0.15, 0.2) is 18.2 Å². The number of carbonyl (C=O) groups is 1. The van der Waals surface area contributed by atoms with E-state index in [0.29, 0.717) is 13.2 Å². The van der Waals surface area contributed by atoms with E-state index in [-0.39, 0.29) is 12.5 Å². The van der Waals surface area contributed by atoms with Crippen molar-refractivity contribution < 1.29 is 9.53 Å². The zero-order valence-corrected chi connectivity index (χ0v) is 10.3. The third-order valence-corrected chi connectivity index (χ3v) is 3.10. The Bertz CT molecular complexity index is 411. The van der Waals surface area contributed by atoms with Gasteiger partial charge in [0.05, 0.1) is 6.61 Å². The number of rotatable bonds is 2. The number of hydrogen-bond acceptors (Lipinski definition) is 3. The molecule has 17 heavy (non-hydrogen) atoms. The van der Waals surface area contributed by atoms with Crippen molar-refractivity contribution in [3.8, 4) is 0 Å². The van der Waals surface area contributed by atoms with Crippen LogP contribution in [0.3, 0.4) is 0 Å². The first-order valence-corrected chi connectivity index (χ1v) is 5.84. The molecule has 1 aliphatic heterocycles. The Kier molecular flexibility index (Phi) is 3.45. The van der Waals surface area contributed by atoms with Crippen LogP contribution >= 0.6 is 0 Å². The second-order valence-corrected chi connectivity index (χ2v) is 4.33. The molecule has 4 nitrogen and oxygen atoms in total. The number of morpholine rings is 1. The molecule has 0 spiro atoms. The van der Waals surface area contributed by atoms with Crippen LogP contribution in [0.5, 0.6) is 0 Å². The Balaban J connectivity index is 2.36. The van der Waals surface area contributed by atoms with E-state index in [1.165, 1.54) is 0 Å². The predicted molar refractivity (Wildman–Crippen MR) is 67.1 cm³/mol. The van der Waals surface area contributed by atoms with E-state index in [1.54, 1.807) is 4.90 Å². The topological polar surface area (TPSA) is 55.6 Å². The number of ether oxygens (including phenoxy) is 1. The average molecular weight is 234 g/mol. The first-order chi connectivity index (χ1) is 8.15. The molecule has 1 aliphatic rings. The number of hydrogen-bond donors (Lipinski definition) is 1. The van der Waals surface area contributed by atoms with Crippen LogP contribution in [0.1, 0.15) is 11.1 Å². The third kappa shape index (κ3) is 2.18. The molecule has 2 N–H and O–H groups in total. The van der Waals surface area contributed by atoms with Crippen molar-refractivity contribution in [1.29, 1.82) is 0 Å². The summed E-state index contributed by atoms with van der Waals surface area (Å²) in [4.78, 5) is 14.0. The minimum atomic E-state index is -0.497. The van der Waals surface area contributed by atoms with Crippen molar-refractivity contribution in [1.82, 2.24) is 0 Å². The molecule has 0 aliphatic carbocycles.